The number of phenolic OH excluding ortho intramolecular Hbond substituents is 2. The van der Waals surface area contributed by atoms with Gasteiger partial charge in [-0.25, -0.2) is 0 Å². The summed E-state index contributed by atoms with van der Waals surface area (Å²) in [5.74, 6) is -0.501. The maximum atomic E-state index is 11.6. The van der Waals surface area contributed by atoms with Gasteiger partial charge in [-0.3, -0.25) is 9.78 Å². The van der Waals surface area contributed by atoms with E-state index in [2.05, 4.69) is 10.3 Å². The number of hydrogen-bond acceptors (Lipinski definition) is 4. The average molecular weight is 284 g/mol. The van der Waals surface area contributed by atoms with Gasteiger partial charge in [-0.05, 0) is 41.8 Å². The maximum absolute atomic E-state index is 11.6. The van der Waals surface area contributed by atoms with Gasteiger partial charge in [0.1, 0.15) is 0 Å². The second-order valence-electron chi connectivity index (χ2n) is 4.48. The van der Waals surface area contributed by atoms with Crippen molar-refractivity contribution in [1.29, 1.82) is 0 Å². The van der Waals surface area contributed by atoms with Crippen LogP contribution in [0, 0.1) is 0 Å². The Balaban J connectivity index is 1.79. The lowest BCUT2D eigenvalue weighted by Gasteiger charge is -2.04. The van der Waals surface area contributed by atoms with Gasteiger partial charge in [-0.1, -0.05) is 12.1 Å². The molecule has 2 rings (SSSR count). The maximum Gasteiger partial charge on any atom is 0.244 e. The van der Waals surface area contributed by atoms with Crippen LogP contribution in [0.2, 0.25) is 0 Å². The highest BCUT2D eigenvalue weighted by Crippen LogP contribution is 2.24. The summed E-state index contributed by atoms with van der Waals surface area (Å²) in [6.07, 6.45) is 7.05. The molecular weight excluding hydrogens is 268 g/mol. The number of aromatic hydroxyl groups is 2. The molecule has 5 heteroatoms. The monoisotopic (exact) mass is 284 g/mol. The number of nitrogens with zero attached hydrogens (tertiary/aromatic N) is 1. The lowest BCUT2D eigenvalue weighted by Crippen LogP contribution is -2.23. The van der Waals surface area contributed by atoms with Gasteiger partial charge in [0.05, 0.1) is 0 Å². The van der Waals surface area contributed by atoms with Crippen LogP contribution in [0.4, 0.5) is 0 Å². The molecule has 0 saturated carbocycles. The quantitative estimate of drug-likeness (QED) is 0.578. The molecule has 108 valence electrons. The van der Waals surface area contributed by atoms with Crippen molar-refractivity contribution < 1.29 is 15.0 Å². The predicted octanol–water partition coefficient (Wildman–Crippen LogP) is 1.86. The molecule has 0 atom stereocenters. The van der Waals surface area contributed by atoms with Crippen LogP contribution >= 0.6 is 0 Å². The van der Waals surface area contributed by atoms with Gasteiger partial charge in [-0.15, -0.1) is 0 Å². The van der Waals surface area contributed by atoms with Crippen LogP contribution in [0.25, 0.3) is 6.08 Å². The van der Waals surface area contributed by atoms with E-state index in [0.29, 0.717) is 13.0 Å². The molecule has 0 fully saturated rings. The third kappa shape index (κ3) is 4.65. The van der Waals surface area contributed by atoms with Crippen molar-refractivity contribution in [2.75, 3.05) is 6.54 Å². The normalized spacial score (nSPS) is 10.7. The summed E-state index contributed by atoms with van der Waals surface area (Å²) in [5, 5.41) is 21.3. The van der Waals surface area contributed by atoms with E-state index in [0.717, 1.165) is 11.1 Å². The van der Waals surface area contributed by atoms with Gasteiger partial charge in [0.25, 0.3) is 0 Å². The summed E-state index contributed by atoms with van der Waals surface area (Å²) in [4.78, 5) is 15.6. The highest BCUT2D eigenvalue weighted by molar-refractivity contribution is 5.91. The van der Waals surface area contributed by atoms with E-state index in [1.807, 2.05) is 6.07 Å². The standard InChI is InChI=1S/C16H16N2O3/c19-14-5-3-12(10-15(14)20)7-9-18-16(21)6-4-13-2-1-8-17-11-13/h1-6,8,10-11,19-20H,7,9H2,(H,18,21). The molecular formula is C16H16N2O3. The fourth-order valence-corrected chi connectivity index (χ4v) is 1.76. The van der Waals surface area contributed by atoms with E-state index in [1.54, 1.807) is 30.6 Å². The predicted molar refractivity (Wildman–Crippen MR) is 79.8 cm³/mol. The molecule has 0 aliphatic rings. The van der Waals surface area contributed by atoms with Gasteiger partial charge in [0, 0.05) is 25.0 Å². The molecule has 0 saturated heterocycles. The summed E-state index contributed by atoms with van der Waals surface area (Å²) in [7, 11) is 0. The molecule has 2 aromatic rings. The number of nitrogens with one attached hydrogen (secondary N) is 1. The van der Waals surface area contributed by atoms with E-state index in [9.17, 15) is 15.0 Å². The van der Waals surface area contributed by atoms with Crippen molar-refractivity contribution in [3.63, 3.8) is 0 Å². The van der Waals surface area contributed by atoms with Crippen LogP contribution in [0.15, 0.2) is 48.8 Å². The number of benzene rings is 1. The van der Waals surface area contributed by atoms with Crippen LogP contribution in [0.5, 0.6) is 11.5 Å². The lowest BCUT2D eigenvalue weighted by molar-refractivity contribution is -0.116. The lowest BCUT2D eigenvalue weighted by atomic mass is 10.1. The molecule has 0 spiro atoms. The summed E-state index contributed by atoms with van der Waals surface area (Å²) in [5.41, 5.74) is 1.69. The van der Waals surface area contributed by atoms with Crippen molar-refractivity contribution in [3.8, 4) is 11.5 Å². The molecule has 0 aliphatic carbocycles. The number of pyridine rings is 1. The Kier molecular flexibility index (Phi) is 4.93. The number of rotatable bonds is 5. The second-order valence-corrected chi connectivity index (χ2v) is 4.48. The Hall–Kier alpha value is -2.82. The molecule has 5 nitrogen and oxygen atoms in total. The number of amides is 1. The van der Waals surface area contributed by atoms with Crippen LogP contribution in [0.3, 0.4) is 0 Å². The van der Waals surface area contributed by atoms with Crippen molar-refractivity contribution in [3.05, 3.63) is 59.9 Å². The smallest absolute Gasteiger partial charge is 0.244 e. The minimum absolute atomic E-state index is 0.151. The van der Waals surface area contributed by atoms with Crippen LogP contribution in [0.1, 0.15) is 11.1 Å². The van der Waals surface area contributed by atoms with Crippen molar-refractivity contribution in [1.82, 2.24) is 10.3 Å². The fourth-order valence-electron chi connectivity index (χ4n) is 1.76. The van der Waals surface area contributed by atoms with Gasteiger partial charge in [0.15, 0.2) is 11.5 Å². The summed E-state index contributed by atoms with van der Waals surface area (Å²) in [6.45, 7) is 0.445. The van der Waals surface area contributed by atoms with Gasteiger partial charge < -0.3 is 15.5 Å². The average Bonchev–Trinajstić information content (AvgIpc) is 2.50. The Morgan fingerprint density at radius 1 is 1.24 bits per heavy atom. The minimum atomic E-state index is -0.193. The minimum Gasteiger partial charge on any atom is -0.504 e. The second kappa shape index (κ2) is 7.09. The van der Waals surface area contributed by atoms with E-state index in [4.69, 9.17) is 0 Å². The van der Waals surface area contributed by atoms with E-state index >= 15 is 0 Å². The zero-order valence-corrected chi connectivity index (χ0v) is 11.4. The topological polar surface area (TPSA) is 82.5 Å². The third-order valence-electron chi connectivity index (χ3n) is 2.86. The molecule has 0 aliphatic heterocycles. The molecule has 1 amide bonds. The zero-order valence-electron chi connectivity index (χ0n) is 11.4. The number of carbonyl (C=O) groups is 1. The Labute approximate surface area is 122 Å². The Bertz CT molecular complexity index is 639. The highest BCUT2D eigenvalue weighted by atomic mass is 16.3. The zero-order chi connectivity index (χ0) is 15.1. The summed E-state index contributed by atoms with van der Waals surface area (Å²) < 4.78 is 0. The molecule has 1 heterocycles. The first-order valence-electron chi connectivity index (χ1n) is 6.52. The van der Waals surface area contributed by atoms with Crippen LogP contribution in [-0.4, -0.2) is 27.6 Å². The van der Waals surface area contributed by atoms with Crippen molar-refractivity contribution in [2.45, 2.75) is 6.42 Å². The van der Waals surface area contributed by atoms with Crippen LogP contribution in [-0.2, 0) is 11.2 Å². The van der Waals surface area contributed by atoms with E-state index < -0.39 is 0 Å². The highest BCUT2D eigenvalue weighted by Gasteiger charge is 2.01. The Morgan fingerprint density at radius 2 is 2.10 bits per heavy atom. The van der Waals surface area contributed by atoms with Crippen molar-refractivity contribution in [2.24, 2.45) is 0 Å². The SMILES string of the molecule is O=C(C=Cc1cccnc1)NCCc1ccc(O)c(O)c1. The molecule has 0 unspecified atom stereocenters. The number of aromatic nitrogens is 1. The largest absolute Gasteiger partial charge is 0.504 e. The number of phenols is 2. The molecule has 3 N–H and O–H groups in total. The fraction of sp³-hybridized carbons (Fsp3) is 0.125. The van der Waals surface area contributed by atoms with E-state index in [-0.39, 0.29) is 17.4 Å². The first-order valence-corrected chi connectivity index (χ1v) is 6.52. The molecule has 1 aromatic heterocycles. The molecule has 0 radical (unpaired) electrons. The first kappa shape index (κ1) is 14.6. The summed E-state index contributed by atoms with van der Waals surface area (Å²) >= 11 is 0. The number of hydrogen-bond donors (Lipinski definition) is 3. The number of carbonyl (C=O) groups excluding carboxylic acids is 1. The Morgan fingerprint density at radius 3 is 2.81 bits per heavy atom. The first-order chi connectivity index (χ1) is 10.1. The van der Waals surface area contributed by atoms with Gasteiger partial charge >= 0.3 is 0 Å². The molecule has 0 bridgehead atoms. The van der Waals surface area contributed by atoms with Gasteiger partial charge in [-0.2, -0.15) is 0 Å². The van der Waals surface area contributed by atoms with Crippen LogP contribution < -0.4 is 5.32 Å². The third-order valence-corrected chi connectivity index (χ3v) is 2.86. The van der Waals surface area contributed by atoms with Crippen molar-refractivity contribution >= 4 is 12.0 Å². The van der Waals surface area contributed by atoms with E-state index in [1.165, 1.54) is 18.2 Å². The molecule has 1 aromatic carbocycles. The summed E-state index contributed by atoms with van der Waals surface area (Å²) in [6, 6.07) is 8.26. The molecule has 21 heavy (non-hydrogen) atoms. The van der Waals surface area contributed by atoms with Gasteiger partial charge in [0.2, 0.25) is 5.91 Å².